The molecule has 4 nitrogen and oxygen atoms in total. The molecule has 4 unspecified atom stereocenters. The predicted molar refractivity (Wildman–Crippen MR) is 85.4 cm³/mol. The van der Waals surface area contributed by atoms with E-state index in [4.69, 9.17) is 0 Å². The number of aryl methyl sites for hydroxylation is 1. The summed E-state index contributed by atoms with van der Waals surface area (Å²) in [7, 11) is 0. The van der Waals surface area contributed by atoms with Crippen molar-refractivity contribution in [3.05, 3.63) is 29.6 Å². The number of carbonyl (C=O) groups is 1. The molecule has 3 fully saturated rings. The molecule has 2 aliphatic carbocycles. The maximum absolute atomic E-state index is 12.7. The van der Waals surface area contributed by atoms with E-state index >= 15 is 0 Å². The first-order chi connectivity index (χ1) is 10.7. The van der Waals surface area contributed by atoms with Crippen molar-refractivity contribution in [2.75, 3.05) is 6.54 Å². The fraction of sp³-hybridized carbons (Fsp3) is 0.667. The van der Waals surface area contributed by atoms with Crippen LogP contribution < -0.4 is 5.32 Å². The number of hydrogen-bond acceptors (Lipinski definition) is 2. The Morgan fingerprint density at radius 2 is 2.18 bits per heavy atom. The normalized spacial score (nSPS) is 33.4. The van der Waals surface area contributed by atoms with Crippen LogP contribution >= 0.6 is 0 Å². The van der Waals surface area contributed by atoms with Gasteiger partial charge in [-0.15, -0.1) is 0 Å². The summed E-state index contributed by atoms with van der Waals surface area (Å²) in [6, 6.07) is 6.81. The van der Waals surface area contributed by atoms with Gasteiger partial charge in [-0.1, -0.05) is 12.5 Å². The van der Waals surface area contributed by atoms with E-state index < -0.39 is 0 Å². The molecule has 1 aromatic heterocycles. The Morgan fingerprint density at radius 3 is 2.91 bits per heavy atom. The van der Waals surface area contributed by atoms with Crippen molar-refractivity contribution in [3.8, 4) is 0 Å². The van der Waals surface area contributed by atoms with Crippen molar-refractivity contribution in [2.24, 2.45) is 11.8 Å². The molecular formula is C18H25N3O. The summed E-state index contributed by atoms with van der Waals surface area (Å²) >= 11 is 0. The number of likely N-dealkylation sites (tertiary alicyclic amines) is 1. The molecule has 0 spiro atoms. The van der Waals surface area contributed by atoms with Gasteiger partial charge < -0.3 is 10.2 Å². The zero-order chi connectivity index (χ0) is 15.1. The summed E-state index contributed by atoms with van der Waals surface area (Å²) in [6.07, 6.45) is 7.30. The number of urea groups is 1. The molecule has 4 rings (SSSR count). The van der Waals surface area contributed by atoms with Gasteiger partial charge >= 0.3 is 6.03 Å². The zero-order valence-electron chi connectivity index (χ0n) is 13.3. The van der Waals surface area contributed by atoms with Crippen molar-refractivity contribution >= 4 is 6.03 Å². The zero-order valence-corrected chi connectivity index (χ0v) is 13.3. The Labute approximate surface area is 132 Å². The van der Waals surface area contributed by atoms with Crippen LogP contribution in [-0.2, 0) is 0 Å². The molecule has 1 N–H and O–H groups in total. The van der Waals surface area contributed by atoms with Crippen molar-refractivity contribution in [1.29, 1.82) is 0 Å². The topological polar surface area (TPSA) is 45.2 Å². The van der Waals surface area contributed by atoms with Crippen LogP contribution in [0.2, 0.25) is 0 Å². The van der Waals surface area contributed by atoms with Crippen molar-refractivity contribution in [2.45, 2.75) is 57.5 Å². The summed E-state index contributed by atoms with van der Waals surface area (Å²) in [4.78, 5) is 19.4. The van der Waals surface area contributed by atoms with E-state index in [1.807, 2.05) is 24.0 Å². The lowest BCUT2D eigenvalue weighted by atomic mass is 9.95. The standard InChI is InChI=1S/C18H25N3O/c1-12-4-2-5-15(19-12)17-6-3-9-21(17)18(22)20-16-11-13-7-8-14(16)10-13/h2,4-5,13-14,16-17H,3,6-11H2,1H3,(H,20,22). The molecule has 4 heteroatoms. The molecule has 22 heavy (non-hydrogen) atoms. The molecule has 2 heterocycles. The van der Waals surface area contributed by atoms with E-state index in [-0.39, 0.29) is 12.1 Å². The highest BCUT2D eigenvalue weighted by molar-refractivity contribution is 5.75. The van der Waals surface area contributed by atoms with Gasteiger partial charge in [0.25, 0.3) is 0 Å². The molecule has 0 radical (unpaired) electrons. The van der Waals surface area contributed by atoms with Crippen LogP contribution in [0.1, 0.15) is 56.0 Å². The molecular weight excluding hydrogens is 274 g/mol. The Morgan fingerprint density at radius 1 is 1.27 bits per heavy atom. The first-order valence-electron chi connectivity index (χ1n) is 8.71. The third kappa shape index (κ3) is 2.49. The largest absolute Gasteiger partial charge is 0.335 e. The fourth-order valence-electron chi connectivity index (χ4n) is 4.73. The average Bonchev–Trinajstić information content (AvgIpc) is 3.23. The smallest absolute Gasteiger partial charge is 0.318 e. The van der Waals surface area contributed by atoms with Crippen LogP contribution in [0.4, 0.5) is 4.79 Å². The van der Waals surface area contributed by atoms with Crippen LogP contribution in [0.5, 0.6) is 0 Å². The van der Waals surface area contributed by atoms with E-state index in [9.17, 15) is 4.79 Å². The highest BCUT2D eigenvalue weighted by atomic mass is 16.2. The number of carbonyl (C=O) groups excluding carboxylic acids is 1. The SMILES string of the molecule is Cc1cccc(C2CCCN2C(=O)NC2CC3CCC2C3)n1. The van der Waals surface area contributed by atoms with Crippen LogP contribution in [0.3, 0.4) is 0 Å². The first kappa shape index (κ1) is 14.0. The highest BCUT2D eigenvalue weighted by Gasteiger charge is 2.41. The van der Waals surface area contributed by atoms with Gasteiger partial charge in [-0.3, -0.25) is 4.98 Å². The van der Waals surface area contributed by atoms with E-state index in [1.165, 1.54) is 25.7 Å². The first-order valence-corrected chi connectivity index (χ1v) is 8.71. The Hall–Kier alpha value is -1.58. The van der Waals surface area contributed by atoms with Gasteiger partial charge in [0, 0.05) is 18.3 Å². The minimum Gasteiger partial charge on any atom is -0.335 e. The van der Waals surface area contributed by atoms with Crippen molar-refractivity contribution in [1.82, 2.24) is 15.2 Å². The van der Waals surface area contributed by atoms with Crippen LogP contribution in [0, 0.1) is 18.8 Å². The Kier molecular flexibility index (Phi) is 3.55. The molecule has 0 aromatic carbocycles. The average molecular weight is 299 g/mol. The van der Waals surface area contributed by atoms with Gasteiger partial charge in [0.2, 0.25) is 0 Å². The molecule has 4 atom stereocenters. The van der Waals surface area contributed by atoms with Crippen molar-refractivity contribution < 1.29 is 4.79 Å². The van der Waals surface area contributed by atoms with Crippen LogP contribution in [0.25, 0.3) is 0 Å². The highest BCUT2D eigenvalue weighted by Crippen LogP contribution is 2.44. The molecule has 1 saturated heterocycles. The third-order valence-corrected chi connectivity index (χ3v) is 5.81. The van der Waals surface area contributed by atoms with Gasteiger partial charge in [-0.05, 0) is 63.0 Å². The second-order valence-corrected chi connectivity index (χ2v) is 7.29. The van der Waals surface area contributed by atoms with E-state index in [1.54, 1.807) is 0 Å². The fourth-order valence-corrected chi connectivity index (χ4v) is 4.73. The lowest BCUT2D eigenvalue weighted by molar-refractivity contribution is 0.182. The summed E-state index contributed by atoms with van der Waals surface area (Å²) in [6.45, 7) is 2.87. The number of rotatable bonds is 2. The summed E-state index contributed by atoms with van der Waals surface area (Å²) in [5, 5.41) is 3.33. The Bertz CT molecular complexity index is 573. The minimum absolute atomic E-state index is 0.128. The number of amides is 2. The monoisotopic (exact) mass is 299 g/mol. The summed E-state index contributed by atoms with van der Waals surface area (Å²) in [5.74, 6) is 1.59. The second kappa shape index (κ2) is 5.56. The summed E-state index contributed by atoms with van der Waals surface area (Å²) in [5.41, 5.74) is 2.07. The van der Waals surface area contributed by atoms with E-state index in [0.717, 1.165) is 42.6 Å². The number of nitrogens with zero attached hydrogens (tertiary/aromatic N) is 2. The molecule has 1 aliphatic heterocycles. The molecule has 2 saturated carbocycles. The molecule has 118 valence electrons. The maximum Gasteiger partial charge on any atom is 0.318 e. The van der Waals surface area contributed by atoms with Crippen LogP contribution in [0.15, 0.2) is 18.2 Å². The second-order valence-electron chi connectivity index (χ2n) is 7.29. The van der Waals surface area contributed by atoms with Gasteiger partial charge in [0.1, 0.15) is 0 Å². The number of hydrogen-bond donors (Lipinski definition) is 1. The maximum atomic E-state index is 12.7. The van der Waals surface area contributed by atoms with E-state index in [0.29, 0.717) is 6.04 Å². The molecule has 1 aromatic rings. The quantitative estimate of drug-likeness (QED) is 0.909. The summed E-state index contributed by atoms with van der Waals surface area (Å²) < 4.78 is 0. The van der Waals surface area contributed by atoms with Gasteiger partial charge in [0.15, 0.2) is 0 Å². The van der Waals surface area contributed by atoms with Gasteiger partial charge in [-0.2, -0.15) is 0 Å². The predicted octanol–water partition coefficient (Wildman–Crippen LogP) is 3.43. The van der Waals surface area contributed by atoms with Gasteiger partial charge in [0.05, 0.1) is 11.7 Å². The molecule has 3 aliphatic rings. The van der Waals surface area contributed by atoms with Crippen LogP contribution in [-0.4, -0.2) is 28.5 Å². The number of aromatic nitrogens is 1. The van der Waals surface area contributed by atoms with Gasteiger partial charge in [-0.25, -0.2) is 4.79 Å². The number of nitrogens with one attached hydrogen (secondary N) is 1. The Balaban J connectivity index is 1.45. The minimum atomic E-state index is 0.128. The lowest BCUT2D eigenvalue weighted by Crippen LogP contribution is -2.46. The lowest BCUT2D eigenvalue weighted by Gasteiger charge is -2.29. The third-order valence-electron chi connectivity index (χ3n) is 5.81. The number of pyridine rings is 1. The van der Waals surface area contributed by atoms with Crippen molar-refractivity contribution in [3.63, 3.8) is 0 Å². The molecule has 2 amide bonds. The molecule has 2 bridgehead atoms. The number of fused-ring (bicyclic) bond motifs is 2. The van der Waals surface area contributed by atoms with E-state index in [2.05, 4.69) is 16.4 Å².